The van der Waals surface area contributed by atoms with Gasteiger partial charge < -0.3 is 14.5 Å². The van der Waals surface area contributed by atoms with Crippen molar-refractivity contribution >= 4 is 23.4 Å². The van der Waals surface area contributed by atoms with Crippen LogP contribution in [0.5, 0.6) is 5.75 Å². The topological polar surface area (TPSA) is 49.9 Å². The van der Waals surface area contributed by atoms with Crippen LogP contribution in [0.4, 0.5) is 4.39 Å². The summed E-state index contributed by atoms with van der Waals surface area (Å²) >= 11 is 6.04. The minimum absolute atomic E-state index is 0.143. The van der Waals surface area contributed by atoms with Crippen molar-refractivity contribution in [3.63, 3.8) is 0 Å². The second-order valence-electron chi connectivity index (χ2n) is 6.79. The Bertz CT molecular complexity index is 890. The molecule has 1 aliphatic heterocycles. The highest BCUT2D eigenvalue weighted by Gasteiger charge is 2.37. The van der Waals surface area contributed by atoms with E-state index in [2.05, 4.69) is 0 Å². The molecule has 1 heterocycles. The number of hydrogen-bond acceptors (Lipinski definition) is 3. The first-order valence-electron chi connectivity index (χ1n) is 9.05. The number of likely N-dealkylation sites (N-methyl/N-ethyl adjacent to an activating group) is 1. The third-order valence-corrected chi connectivity index (χ3v) is 5.17. The maximum absolute atomic E-state index is 13.9. The summed E-state index contributed by atoms with van der Waals surface area (Å²) in [7, 11) is 3.10. The van der Waals surface area contributed by atoms with Gasteiger partial charge in [-0.15, -0.1) is 0 Å². The van der Waals surface area contributed by atoms with Crippen LogP contribution in [0.1, 0.15) is 28.8 Å². The van der Waals surface area contributed by atoms with Crippen molar-refractivity contribution in [3.05, 3.63) is 64.4 Å². The zero-order chi connectivity index (χ0) is 20.3. The fourth-order valence-corrected chi connectivity index (χ4v) is 3.66. The zero-order valence-corrected chi connectivity index (χ0v) is 16.6. The van der Waals surface area contributed by atoms with Gasteiger partial charge in [0.2, 0.25) is 5.91 Å². The molecule has 7 heteroatoms. The first kappa shape index (κ1) is 20.1. The Hall–Kier alpha value is -2.60. The zero-order valence-electron chi connectivity index (χ0n) is 15.8. The number of rotatable bonds is 5. The minimum atomic E-state index is -0.590. The predicted octanol–water partition coefficient (Wildman–Crippen LogP) is 3.75. The van der Waals surface area contributed by atoms with Crippen LogP contribution in [0.3, 0.4) is 0 Å². The van der Waals surface area contributed by atoms with Crippen molar-refractivity contribution in [3.8, 4) is 5.75 Å². The lowest BCUT2D eigenvalue weighted by Gasteiger charge is -2.28. The second kappa shape index (κ2) is 8.61. The predicted molar refractivity (Wildman–Crippen MR) is 105 cm³/mol. The molecule has 2 aromatic rings. The summed E-state index contributed by atoms with van der Waals surface area (Å²) in [6, 6.07) is 10.6. The summed E-state index contributed by atoms with van der Waals surface area (Å²) in [5, 5.41) is 0.419. The molecule has 2 aromatic carbocycles. The molecule has 5 nitrogen and oxygen atoms in total. The summed E-state index contributed by atoms with van der Waals surface area (Å²) in [6.45, 7) is 0.614. The Labute approximate surface area is 168 Å². The molecule has 0 aliphatic carbocycles. The van der Waals surface area contributed by atoms with E-state index < -0.39 is 6.04 Å². The number of amides is 2. The number of methoxy groups -OCH3 is 1. The number of nitrogens with zero attached hydrogens (tertiary/aromatic N) is 2. The molecule has 1 saturated heterocycles. The molecule has 2 amide bonds. The van der Waals surface area contributed by atoms with Crippen LogP contribution in [-0.4, -0.2) is 48.4 Å². The number of halogens is 2. The number of benzene rings is 2. The Kier molecular flexibility index (Phi) is 6.19. The standard InChI is InChI=1S/C21H22ClFN2O3/c1-24(13-14-6-3-4-7-17(14)23)21(27)18-8-5-11-25(18)20(26)16-12-15(22)9-10-19(16)28-2/h3-4,6-7,9-10,12,18H,5,8,11,13H2,1-2H3. The molecule has 0 saturated carbocycles. The summed E-state index contributed by atoms with van der Waals surface area (Å²) < 4.78 is 19.2. The van der Waals surface area contributed by atoms with Gasteiger partial charge in [0.05, 0.1) is 12.7 Å². The number of likely N-dealkylation sites (tertiary alicyclic amines) is 1. The molecule has 1 fully saturated rings. The van der Waals surface area contributed by atoms with Gasteiger partial charge in [-0.2, -0.15) is 0 Å². The molecule has 148 valence electrons. The summed E-state index contributed by atoms with van der Waals surface area (Å²) in [5.41, 5.74) is 0.761. The smallest absolute Gasteiger partial charge is 0.258 e. The van der Waals surface area contributed by atoms with Crippen LogP contribution in [0.2, 0.25) is 5.02 Å². The van der Waals surface area contributed by atoms with Gasteiger partial charge in [-0.05, 0) is 37.1 Å². The molecule has 0 bridgehead atoms. The van der Waals surface area contributed by atoms with Crippen LogP contribution < -0.4 is 4.74 Å². The fraction of sp³-hybridized carbons (Fsp3) is 0.333. The van der Waals surface area contributed by atoms with E-state index in [0.29, 0.717) is 34.9 Å². The lowest BCUT2D eigenvalue weighted by molar-refractivity contribution is -0.134. The maximum atomic E-state index is 13.9. The van der Waals surface area contributed by atoms with E-state index in [9.17, 15) is 14.0 Å². The highest BCUT2D eigenvalue weighted by Crippen LogP contribution is 2.28. The summed E-state index contributed by atoms with van der Waals surface area (Å²) in [5.74, 6) is -0.457. The van der Waals surface area contributed by atoms with Gasteiger partial charge in [0.1, 0.15) is 17.6 Å². The van der Waals surface area contributed by atoms with Crippen LogP contribution in [0.25, 0.3) is 0 Å². The third-order valence-electron chi connectivity index (χ3n) is 4.93. The Morgan fingerprint density at radius 1 is 1.29 bits per heavy atom. The van der Waals surface area contributed by atoms with Gasteiger partial charge in [-0.25, -0.2) is 4.39 Å². The highest BCUT2D eigenvalue weighted by atomic mass is 35.5. The van der Waals surface area contributed by atoms with Gasteiger partial charge >= 0.3 is 0 Å². The number of ether oxygens (including phenoxy) is 1. The molecule has 1 atom stereocenters. The van der Waals surface area contributed by atoms with Crippen LogP contribution >= 0.6 is 11.6 Å². The van der Waals surface area contributed by atoms with Crippen molar-refractivity contribution in [2.45, 2.75) is 25.4 Å². The van der Waals surface area contributed by atoms with E-state index >= 15 is 0 Å². The molecule has 3 rings (SSSR count). The molecule has 0 N–H and O–H groups in total. The normalized spacial score (nSPS) is 16.1. The Morgan fingerprint density at radius 2 is 2.04 bits per heavy atom. The van der Waals surface area contributed by atoms with E-state index in [0.717, 1.165) is 6.42 Å². The van der Waals surface area contributed by atoms with Crippen molar-refractivity contribution in [2.75, 3.05) is 20.7 Å². The van der Waals surface area contributed by atoms with E-state index in [1.54, 1.807) is 48.3 Å². The monoisotopic (exact) mass is 404 g/mol. The van der Waals surface area contributed by atoms with Gasteiger partial charge in [0.25, 0.3) is 5.91 Å². The third kappa shape index (κ3) is 4.12. The minimum Gasteiger partial charge on any atom is -0.496 e. The van der Waals surface area contributed by atoms with Crippen molar-refractivity contribution in [1.29, 1.82) is 0 Å². The average molecular weight is 405 g/mol. The first-order valence-corrected chi connectivity index (χ1v) is 9.43. The van der Waals surface area contributed by atoms with Gasteiger partial charge in [-0.1, -0.05) is 29.8 Å². The second-order valence-corrected chi connectivity index (χ2v) is 7.22. The van der Waals surface area contributed by atoms with Crippen LogP contribution in [-0.2, 0) is 11.3 Å². The quantitative estimate of drug-likeness (QED) is 0.762. The van der Waals surface area contributed by atoms with E-state index in [1.165, 1.54) is 18.1 Å². The molecular formula is C21H22ClFN2O3. The number of hydrogen-bond donors (Lipinski definition) is 0. The van der Waals surface area contributed by atoms with Crippen molar-refractivity contribution in [2.24, 2.45) is 0 Å². The van der Waals surface area contributed by atoms with Gasteiger partial charge in [-0.3, -0.25) is 9.59 Å². The summed E-state index contributed by atoms with van der Waals surface area (Å²) in [6.07, 6.45) is 1.29. The Balaban J connectivity index is 1.78. The Morgan fingerprint density at radius 3 is 2.75 bits per heavy atom. The fourth-order valence-electron chi connectivity index (χ4n) is 3.48. The maximum Gasteiger partial charge on any atom is 0.258 e. The molecule has 0 spiro atoms. The lowest BCUT2D eigenvalue weighted by Crippen LogP contribution is -2.46. The molecule has 0 radical (unpaired) electrons. The number of carbonyl (C=O) groups is 2. The molecule has 1 aliphatic rings. The van der Waals surface area contributed by atoms with E-state index in [1.807, 2.05) is 0 Å². The highest BCUT2D eigenvalue weighted by molar-refractivity contribution is 6.31. The van der Waals surface area contributed by atoms with Crippen LogP contribution in [0, 0.1) is 5.82 Å². The first-order chi connectivity index (χ1) is 13.4. The molecular weight excluding hydrogens is 383 g/mol. The number of carbonyl (C=O) groups excluding carboxylic acids is 2. The van der Waals surface area contributed by atoms with Gasteiger partial charge in [0, 0.05) is 30.7 Å². The SMILES string of the molecule is COc1ccc(Cl)cc1C(=O)N1CCCC1C(=O)N(C)Cc1ccccc1F. The molecule has 28 heavy (non-hydrogen) atoms. The van der Waals surface area contributed by atoms with Crippen molar-refractivity contribution < 1.29 is 18.7 Å². The molecule has 1 unspecified atom stereocenters. The van der Waals surface area contributed by atoms with Gasteiger partial charge in [0.15, 0.2) is 0 Å². The van der Waals surface area contributed by atoms with E-state index in [-0.39, 0.29) is 24.2 Å². The van der Waals surface area contributed by atoms with E-state index in [4.69, 9.17) is 16.3 Å². The van der Waals surface area contributed by atoms with Crippen molar-refractivity contribution in [1.82, 2.24) is 9.80 Å². The van der Waals surface area contributed by atoms with Crippen LogP contribution in [0.15, 0.2) is 42.5 Å². The molecule has 0 aromatic heterocycles. The average Bonchev–Trinajstić information content (AvgIpc) is 3.18. The largest absolute Gasteiger partial charge is 0.496 e. The summed E-state index contributed by atoms with van der Waals surface area (Å²) in [4.78, 5) is 29.1. The lowest BCUT2D eigenvalue weighted by atomic mass is 10.1.